The van der Waals surface area contributed by atoms with Crippen LogP contribution in [-0.2, 0) is 13.0 Å². The SMILES string of the molecule is NC(CO)Cc1c(Br)cnn1Cc1ccc(Cl)cc1. The smallest absolute Gasteiger partial charge is 0.0663 e. The molecule has 19 heavy (non-hydrogen) atoms. The van der Waals surface area contributed by atoms with Crippen LogP contribution in [0, 0.1) is 0 Å². The summed E-state index contributed by atoms with van der Waals surface area (Å²) in [4.78, 5) is 0. The average Bonchev–Trinajstić information content (AvgIpc) is 2.74. The number of rotatable bonds is 5. The summed E-state index contributed by atoms with van der Waals surface area (Å²) >= 11 is 9.32. The van der Waals surface area contributed by atoms with Gasteiger partial charge in [0.1, 0.15) is 0 Å². The fraction of sp³-hybridized carbons (Fsp3) is 0.308. The topological polar surface area (TPSA) is 64.1 Å². The predicted molar refractivity (Wildman–Crippen MR) is 79.2 cm³/mol. The van der Waals surface area contributed by atoms with E-state index in [1.807, 2.05) is 28.9 Å². The van der Waals surface area contributed by atoms with Crippen LogP contribution in [0.2, 0.25) is 5.02 Å². The van der Waals surface area contributed by atoms with E-state index in [1.54, 1.807) is 6.20 Å². The number of aliphatic hydroxyl groups is 1. The first kappa shape index (κ1) is 14.5. The van der Waals surface area contributed by atoms with E-state index >= 15 is 0 Å². The van der Waals surface area contributed by atoms with E-state index in [0.717, 1.165) is 15.7 Å². The van der Waals surface area contributed by atoms with Crippen LogP contribution in [-0.4, -0.2) is 27.5 Å². The second-order valence-corrected chi connectivity index (χ2v) is 5.66. The third-order valence-corrected chi connectivity index (χ3v) is 3.75. The number of benzene rings is 1. The first-order valence-corrected chi connectivity index (χ1v) is 7.08. The van der Waals surface area contributed by atoms with Gasteiger partial charge in [0, 0.05) is 17.5 Å². The fourth-order valence-corrected chi connectivity index (χ4v) is 2.39. The molecule has 1 unspecified atom stereocenters. The van der Waals surface area contributed by atoms with Crippen LogP contribution in [0.15, 0.2) is 34.9 Å². The van der Waals surface area contributed by atoms with Crippen molar-refractivity contribution in [1.82, 2.24) is 9.78 Å². The highest BCUT2D eigenvalue weighted by atomic mass is 79.9. The Kier molecular flexibility index (Phi) is 4.99. The van der Waals surface area contributed by atoms with E-state index in [2.05, 4.69) is 21.0 Å². The van der Waals surface area contributed by atoms with Crippen molar-refractivity contribution in [1.29, 1.82) is 0 Å². The molecule has 0 aliphatic heterocycles. The zero-order chi connectivity index (χ0) is 13.8. The van der Waals surface area contributed by atoms with E-state index in [1.165, 1.54) is 0 Å². The van der Waals surface area contributed by atoms with Crippen LogP contribution >= 0.6 is 27.5 Å². The molecule has 0 radical (unpaired) electrons. The minimum atomic E-state index is -0.281. The number of aromatic nitrogens is 2. The standard InChI is InChI=1S/C13H15BrClN3O/c14-12-6-17-18(13(12)5-11(16)8-19)7-9-1-3-10(15)4-2-9/h1-4,6,11,19H,5,7-8,16H2. The lowest BCUT2D eigenvalue weighted by Gasteiger charge is -2.12. The second-order valence-electron chi connectivity index (χ2n) is 4.37. The number of hydrogen-bond acceptors (Lipinski definition) is 3. The summed E-state index contributed by atoms with van der Waals surface area (Å²) in [6.45, 7) is 0.606. The van der Waals surface area contributed by atoms with E-state index in [0.29, 0.717) is 18.0 Å². The molecule has 0 aliphatic rings. The van der Waals surface area contributed by atoms with Gasteiger partial charge in [-0.15, -0.1) is 0 Å². The summed E-state index contributed by atoms with van der Waals surface area (Å²) in [5.41, 5.74) is 7.88. The molecule has 0 fully saturated rings. The molecule has 6 heteroatoms. The van der Waals surface area contributed by atoms with Gasteiger partial charge >= 0.3 is 0 Å². The van der Waals surface area contributed by atoms with Gasteiger partial charge in [-0.25, -0.2) is 0 Å². The highest BCUT2D eigenvalue weighted by Gasteiger charge is 2.12. The van der Waals surface area contributed by atoms with E-state index < -0.39 is 0 Å². The van der Waals surface area contributed by atoms with E-state index in [-0.39, 0.29) is 12.6 Å². The van der Waals surface area contributed by atoms with Crippen molar-refractivity contribution in [3.63, 3.8) is 0 Å². The van der Waals surface area contributed by atoms with E-state index in [4.69, 9.17) is 22.4 Å². The summed E-state index contributed by atoms with van der Waals surface area (Å²) in [7, 11) is 0. The number of nitrogens with zero attached hydrogens (tertiary/aromatic N) is 2. The Morgan fingerprint density at radius 2 is 2.05 bits per heavy atom. The van der Waals surface area contributed by atoms with Crippen molar-refractivity contribution in [2.75, 3.05) is 6.61 Å². The number of aliphatic hydroxyl groups excluding tert-OH is 1. The number of nitrogens with two attached hydrogens (primary N) is 1. The lowest BCUT2D eigenvalue weighted by Crippen LogP contribution is -2.28. The molecular weight excluding hydrogens is 330 g/mol. The van der Waals surface area contributed by atoms with Crippen molar-refractivity contribution in [2.45, 2.75) is 19.0 Å². The number of hydrogen-bond donors (Lipinski definition) is 2. The van der Waals surface area contributed by atoms with Gasteiger partial charge in [0.05, 0.1) is 29.5 Å². The molecule has 4 nitrogen and oxygen atoms in total. The lowest BCUT2D eigenvalue weighted by atomic mass is 10.1. The van der Waals surface area contributed by atoms with Crippen LogP contribution in [0.4, 0.5) is 0 Å². The molecule has 0 amide bonds. The Balaban J connectivity index is 2.18. The van der Waals surface area contributed by atoms with Crippen molar-refractivity contribution < 1.29 is 5.11 Å². The van der Waals surface area contributed by atoms with Gasteiger partial charge in [0.25, 0.3) is 0 Å². The molecule has 0 bridgehead atoms. The zero-order valence-corrected chi connectivity index (χ0v) is 12.6. The third kappa shape index (κ3) is 3.79. The molecule has 1 atom stereocenters. The maximum Gasteiger partial charge on any atom is 0.0663 e. The van der Waals surface area contributed by atoms with Crippen molar-refractivity contribution in [3.8, 4) is 0 Å². The summed E-state index contributed by atoms with van der Waals surface area (Å²) in [6, 6.07) is 7.36. The fourth-order valence-electron chi connectivity index (χ4n) is 1.80. The first-order chi connectivity index (χ1) is 9.10. The highest BCUT2D eigenvalue weighted by molar-refractivity contribution is 9.10. The molecule has 3 N–H and O–H groups in total. The second kappa shape index (κ2) is 6.52. The van der Waals surface area contributed by atoms with Gasteiger partial charge < -0.3 is 10.8 Å². The minimum absolute atomic E-state index is 0.0431. The van der Waals surface area contributed by atoms with E-state index in [9.17, 15) is 0 Å². The van der Waals surface area contributed by atoms with Crippen LogP contribution < -0.4 is 5.73 Å². The molecule has 1 heterocycles. The molecule has 0 saturated heterocycles. The lowest BCUT2D eigenvalue weighted by molar-refractivity contribution is 0.263. The van der Waals surface area contributed by atoms with Gasteiger partial charge in [0.15, 0.2) is 0 Å². The Bertz CT molecular complexity index is 541. The molecule has 2 rings (SSSR count). The monoisotopic (exact) mass is 343 g/mol. The van der Waals surface area contributed by atoms with Crippen LogP contribution in [0.1, 0.15) is 11.3 Å². The molecule has 0 saturated carbocycles. The van der Waals surface area contributed by atoms with Gasteiger partial charge in [0.2, 0.25) is 0 Å². The van der Waals surface area contributed by atoms with Gasteiger partial charge in [-0.3, -0.25) is 4.68 Å². The average molecular weight is 345 g/mol. The molecule has 2 aromatic rings. The van der Waals surface area contributed by atoms with Crippen molar-refractivity contribution in [2.24, 2.45) is 5.73 Å². The molecule has 0 aliphatic carbocycles. The van der Waals surface area contributed by atoms with Crippen molar-refractivity contribution in [3.05, 3.63) is 51.2 Å². The molecule has 1 aromatic heterocycles. The largest absolute Gasteiger partial charge is 0.395 e. The van der Waals surface area contributed by atoms with Crippen LogP contribution in [0.3, 0.4) is 0 Å². The summed E-state index contributed by atoms with van der Waals surface area (Å²) in [5, 5.41) is 14.1. The molecular formula is C13H15BrClN3O. The zero-order valence-electron chi connectivity index (χ0n) is 10.3. The Morgan fingerprint density at radius 3 is 2.68 bits per heavy atom. The van der Waals surface area contributed by atoms with Gasteiger partial charge in [-0.1, -0.05) is 23.7 Å². The maximum absolute atomic E-state index is 9.05. The summed E-state index contributed by atoms with van der Waals surface area (Å²) in [5.74, 6) is 0. The minimum Gasteiger partial charge on any atom is -0.395 e. The highest BCUT2D eigenvalue weighted by Crippen LogP contribution is 2.19. The Hall–Kier alpha value is -0.880. The van der Waals surface area contributed by atoms with Gasteiger partial charge in [-0.2, -0.15) is 5.10 Å². The van der Waals surface area contributed by atoms with Gasteiger partial charge in [-0.05, 0) is 33.6 Å². The normalized spacial score (nSPS) is 12.6. The summed E-state index contributed by atoms with van der Waals surface area (Å²) in [6.07, 6.45) is 2.32. The summed E-state index contributed by atoms with van der Waals surface area (Å²) < 4.78 is 2.79. The third-order valence-electron chi connectivity index (χ3n) is 2.83. The molecule has 102 valence electrons. The first-order valence-electron chi connectivity index (χ1n) is 5.91. The Labute approximate surface area is 125 Å². The quantitative estimate of drug-likeness (QED) is 0.874. The maximum atomic E-state index is 9.05. The molecule has 0 spiro atoms. The Morgan fingerprint density at radius 1 is 1.37 bits per heavy atom. The van der Waals surface area contributed by atoms with Crippen LogP contribution in [0.5, 0.6) is 0 Å². The predicted octanol–water partition coefficient (Wildman–Crippen LogP) is 2.21. The van der Waals surface area contributed by atoms with Crippen molar-refractivity contribution >= 4 is 27.5 Å². The molecule has 1 aromatic carbocycles. The number of halogens is 2. The van der Waals surface area contributed by atoms with Crippen LogP contribution in [0.25, 0.3) is 0 Å².